The van der Waals surface area contributed by atoms with Gasteiger partial charge in [-0.15, -0.1) is 0 Å². The lowest BCUT2D eigenvalue weighted by Crippen LogP contribution is -2.38. The van der Waals surface area contributed by atoms with Crippen LogP contribution in [-0.4, -0.2) is 21.7 Å². The number of hydrogen-bond acceptors (Lipinski definition) is 2. The van der Waals surface area contributed by atoms with Crippen LogP contribution >= 0.6 is 23.2 Å². The maximum absolute atomic E-state index is 13.0. The Morgan fingerprint density at radius 3 is 2.62 bits per heavy atom. The zero-order valence-electron chi connectivity index (χ0n) is 21.1. The van der Waals surface area contributed by atoms with E-state index in [0.29, 0.717) is 31.7 Å². The van der Waals surface area contributed by atoms with Gasteiger partial charge in [-0.25, -0.2) is 0 Å². The summed E-state index contributed by atoms with van der Waals surface area (Å²) in [7, 11) is 0. The molecule has 1 N–H and O–H groups in total. The fraction of sp³-hybridized carbons (Fsp3) is 0.500. The maximum Gasteiger partial charge on any atom is 0.416 e. The fourth-order valence-electron chi connectivity index (χ4n) is 3.44. The molecule has 1 aromatic heterocycles. The van der Waals surface area contributed by atoms with Crippen LogP contribution in [0.5, 0.6) is 0 Å². The molecule has 1 heterocycles. The molecule has 0 radical (unpaired) electrons. The highest BCUT2D eigenvalue weighted by Gasteiger charge is 2.32. The summed E-state index contributed by atoms with van der Waals surface area (Å²) in [5.41, 5.74) is -2.05. The molecule has 9 heteroatoms. The number of benzene rings is 1. The van der Waals surface area contributed by atoms with E-state index in [1.807, 2.05) is 0 Å². The number of hydrogen-bond donors (Lipinski definition) is 1. The molecule has 0 bridgehead atoms. The van der Waals surface area contributed by atoms with E-state index < -0.39 is 42.1 Å². The Balaban J connectivity index is 1.67. The first-order valence-corrected chi connectivity index (χ1v) is 9.69. The number of halogens is 5. The average Bonchev–Trinajstić information content (AvgIpc) is 3.05. The van der Waals surface area contributed by atoms with E-state index in [-0.39, 0.29) is 34.8 Å². The zero-order chi connectivity index (χ0) is 26.3. The molecule has 2 aromatic rings. The Hall–Kier alpha value is -1.73. The SMILES string of the molecule is [2H]C([2H])([2H])c1nn(CC2CCC(NC(=O)c3cc(C(F)(F)F)ccc3Cl)CC2)c(C([2H])([2H])[2H])c1Cl. The second kappa shape index (κ2) is 8.56. The van der Waals surface area contributed by atoms with Gasteiger partial charge in [-0.05, 0) is 63.5 Å². The Labute approximate surface area is 185 Å². The summed E-state index contributed by atoms with van der Waals surface area (Å²) in [6, 6.07) is 2.23. The summed E-state index contributed by atoms with van der Waals surface area (Å²) in [5, 5.41) is 6.19. The van der Waals surface area contributed by atoms with Gasteiger partial charge in [-0.1, -0.05) is 23.2 Å². The molecule has 3 rings (SSSR count). The molecule has 1 fully saturated rings. The maximum atomic E-state index is 13.0. The molecule has 0 aliphatic heterocycles. The lowest BCUT2D eigenvalue weighted by atomic mass is 9.86. The molecular weight excluding hydrogens is 426 g/mol. The van der Waals surface area contributed by atoms with Crippen LogP contribution in [-0.2, 0) is 12.7 Å². The minimum absolute atomic E-state index is 0.0678. The number of nitrogens with one attached hydrogen (secondary N) is 1. The smallest absolute Gasteiger partial charge is 0.349 e. The van der Waals surface area contributed by atoms with Crippen LogP contribution in [0.3, 0.4) is 0 Å². The van der Waals surface area contributed by atoms with Gasteiger partial charge >= 0.3 is 6.18 Å². The average molecular weight is 454 g/mol. The number of aromatic nitrogens is 2. The van der Waals surface area contributed by atoms with Crippen molar-refractivity contribution in [1.82, 2.24) is 15.1 Å². The van der Waals surface area contributed by atoms with Gasteiger partial charge in [0, 0.05) is 20.8 Å². The first-order chi connectivity index (χ1) is 16.0. The normalized spacial score (nSPS) is 23.9. The van der Waals surface area contributed by atoms with Crippen molar-refractivity contribution >= 4 is 29.1 Å². The van der Waals surface area contributed by atoms with E-state index in [0.717, 1.165) is 16.8 Å². The predicted octanol–water partition coefficient (Wildman–Crippen LogP) is 5.81. The number of amides is 1. The minimum Gasteiger partial charge on any atom is -0.349 e. The molecule has 0 atom stereocenters. The van der Waals surface area contributed by atoms with E-state index in [9.17, 15) is 18.0 Å². The first kappa shape index (κ1) is 15.1. The summed E-state index contributed by atoms with van der Waals surface area (Å²) in [5.74, 6) is -0.780. The van der Waals surface area contributed by atoms with E-state index in [1.54, 1.807) is 0 Å². The van der Waals surface area contributed by atoms with Crippen molar-refractivity contribution in [3.05, 3.63) is 50.8 Å². The van der Waals surface area contributed by atoms with Crippen LogP contribution in [0.2, 0.25) is 10.0 Å². The van der Waals surface area contributed by atoms with Crippen molar-refractivity contribution in [3.63, 3.8) is 0 Å². The second-order valence-electron chi connectivity index (χ2n) is 7.08. The van der Waals surface area contributed by atoms with Gasteiger partial charge in [0.25, 0.3) is 5.91 Å². The predicted molar refractivity (Wildman–Crippen MR) is 106 cm³/mol. The highest BCUT2D eigenvalue weighted by atomic mass is 35.5. The summed E-state index contributed by atoms with van der Waals surface area (Å²) >= 11 is 12.0. The Morgan fingerprint density at radius 2 is 2.00 bits per heavy atom. The Kier molecular flexibility index (Phi) is 4.47. The summed E-state index contributed by atoms with van der Waals surface area (Å²) < 4.78 is 85.9. The van der Waals surface area contributed by atoms with Crippen molar-refractivity contribution in [1.29, 1.82) is 0 Å². The van der Waals surface area contributed by atoms with E-state index in [2.05, 4.69) is 10.4 Å². The first-order valence-electron chi connectivity index (χ1n) is 11.9. The van der Waals surface area contributed by atoms with E-state index in [1.165, 1.54) is 0 Å². The van der Waals surface area contributed by atoms with Crippen LogP contribution in [0.4, 0.5) is 13.2 Å². The Bertz CT molecular complexity index is 1090. The van der Waals surface area contributed by atoms with Gasteiger partial charge in [0.2, 0.25) is 0 Å². The molecule has 1 amide bonds. The number of aryl methyl sites for hydroxylation is 1. The van der Waals surface area contributed by atoms with Gasteiger partial charge in [-0.3, -0.25) is 9.48 Å². The molecule has 1 aromatic carbocycles. The van der Waals surface area contributed by atoms with Gasteiger partial charge in [0.15, 0.2) is 0 Å². The summed E-state index contributed by atoms with van der Waals surface area (Å²) in [6.07, 6.45) is -2.56. The lowest BCUT2D eigenvalue weighted by molar-refractivity contribution is -0.137. The Morgan fingerprint density at radius 1 is 1.28 bits per heavy atom. The molecule has 0 unspecified atom stereocenters. The number of rotatable bonds is 4. The van der Waals surface area contributed by atoms with Crippen molar-refractivity contribution in [3.8, 4) is 0 Å². The summed E-state index contributed by atoms with van der Waals surface area (Å²) in [6.45, 7) is -5.21. The summed E-state index contributed by atoms with van der Waals surface area (Å²) in [4.78, 5) is 12.6. The number of carbonyl (C=O) groups excluding carboxylic acids is 1. The highest BCUT2D eigenvalue weighted by molar-refractivity contribution is 6.33. The number of carbonyl (C=O) groups is 1. The molecule has 29 heavy (non-hydrogen) atoms. The van der Waals surface area contributed by atoms with Crippen LogP contribution < -0.4 is 5.32 Å². The number of alkyl halides is 3. The molecule has 158 valence electrons. The van der Waals surface area contributed by atoms with Crippen LogP contribution in [0, 0.1) is 19.6 Å². The third-order valence-corrected chi connectivity index (χ3v) is 5.73. The van der Waals surface area contributed by atoms with E-state index >= 15 is 0 Å². The lowest BCUT2D eigenvalue weighted by Gasteiger charge is -2.29. The topological polar surface area (TPSA) is 46.9 Å². The van der Waals surface area contributed by atoms with Crippen LogP contribution in [0.1, 0.15) is 61.2 Å². The molecule has 1 aliphatic rings. The highest BCUT2D eigenvalue weighted by Crippen LogP contribution is 2.32. The standard InChI is InChI=1S/C20H22Cl2F3N3O/c1-11-18(22)12(2)28(27-11)10-13-3-6-15(7-4-13)26-19(29)16-9-14(20(23,24)25)5-8-17(16)21/h5,8-9,13,15H,3-4,6-7,10H2,1-2H3,(H,26,29)/i1D3,2D3. The molecule has 1 saturated carbocycles. The molecule has 0 saturated heterocycles. The van der Waals surface area contributed by atoms with Crippen molar-refractivity contribution in [2.45, 2.75) is 58.1 Å². The largest absolute Gasteiger partial charge is 0.416 e. The van der Waals surface area contributed by atoms with Crippen molar-refractivity contribution in [2.24, 2.45) is 5.92 Å². The van der Waals surface area contributed by atoms with Gasteiger partial charge in [0.1, 0.15) is 0 Å². The van der Waals surface area contributed by atoms with Gasteiger partial charge < -0.3 is 5.32 Å². The van der Waals surface area contributed by atoms with Gasteiger partial charge in [0.05, 0.1) is 32.6 Å². The second-order valence-corrected chi connectivity index (χ2v) is 7.86. The zero-order valence-corrected chi connectivity index (χ0v) is 16.6. The molecule has 4 nitrogen and oxygen atoms in total. The third kappa shape index (κ3) is 5.07. The molecule has 1 aliphatic carbocycles. The third-order valence-electron chi connectivity index (χ3n) is 5.05. The number of nitrogens with zero attached hydrogens (tertiary/aromatic N) is 2. The minimum atomic E-state index is -4.61. The molecular formula is C20H22Cl2F3N3O. The monoisotopic (exact) mass is 453 g/mol. The fourth-order valence-corrected chi connectivity index (χ4v) is 3.78. The van der Waals surface area contributed by atoms with Crippen molar-refractivity contribution in [2.75, 3.05) is 0 Å². The van der Waals surface area contributed by atoms with Crippen LogP contribution in [0.15, 0.2) is 18.2 Å². The molecule has 0 spiro atoms. The van der Waals surface area contributed by atoms with Crippen molar-refractivity contribution < 1.29 is 26.2 Å². The van der Waals surface area contributed by atoms with Crippen LogP contribution in [0.25, 0.3) is 0 Å². The van der Waals surface area contributed by atoms with E-state index in [4.69, 9.17) is 31.4 Å². The van der Waals surface area contributed by atoms with Gasteiger partial charge in [-0.2, -0.15) is 18.3 Å². The quantitative estimate of drug-likeness (QED) is 0.634.